The van der Waals surface area contributed by atoms with E-state index in [1.807, 2.05) is 0 Å². The molecule has 0 spiro atoms. The molecule has 0 radical (unpaired) electrons. The summed E-state index contributed by atoms with van der Waals surface area (Å²) in [6, 6.07) is 9.25. The molecule has 1 heteroatoms. The first-order valence-electron chi connectivity index (χ1n) is 6.68. The number of nitrogens with two attached hydrogens (primary N) is 1. The van der Waals surface area contributed by atoms with Crippen LogP contribution in [0.5, 0.6) is 0 Å². The van der Waals surface area contributed by atoms with Crippen molar-refractivity contribution < 1.29 is 0 Å². The van der Waals surface area contributed by atoms with Crippen molar-refractivity contribution in [3.05, 3.63) is 35.4 Å². The van der Waals surface area contributed by atoms with Gasteiger partial charge in [0.2, 0.25) is 0 Å². The molecule has 1 aromatic carbocycles. The van der Waals surface area contributed by atoms with Crippen molar-refractivity contribution in [3.63, 3.8) is 0 Å². The monoisotopic (exact) mass is 215 g/mol. The van der Waals surface area contributed by atoms with Gasteiger partial charge in [0.15, 0.2) is 0 Å². The molecule has 3 rings (SSSR count). The molecule has 0 aromatic heterocycles. The maximum atomic E-state index is 6.37. The maximum Gasteiger partial charge on any atom is 0.0108 e. The molecular weight excluding hydrogens is 194 g/mol. The van der Waals surface area contributed by atoms with Crippen LogP contribution in [0.1, 0.15) is 49.1 Å². The third-order valence-corrected chi connectivity index (χ3v) is 4.30. The quantitative estimate of drug-likeness (QED) is 0.820. The van der Waals surface area contributed by atoms with Crippen molar-refractivity contribution in [2.75, 3.05) is 0 Å². The van der Waals surface area contributed by atoms with Gasteiger partial charge in [-0.2, -0.15) is 0 Å². The molecule has 1 saturated carbocycles. The van der Waals surface area contributed by atoms with Gasteiger partial charge in [-0.1, -0.05) is 37.1 Å². The van der Waals surface area contributed by atoms with E-state index in [0.717, 1.165) is 5.92 Å². The third-order valence-electron chi connectivity index (χ3n) is 4.30. The highest BCUT2D eigenvalue weighted by Gasteiger charge is 2.29. The summed E-state index contributed by atoms with van der Waals surface area (Å²) >= 11 is 0. The predicted octanol–water partition coefficient (Wildman–Crippen LogP) is 3.23. The van der Waals surface area contributed by atoms with Gasteiger partial charge in [0.25, 0.3) is 0 Å². The Bertz CT molecular complexity index is 367. The van der Waals surface area contributed by atoms with Gasteiger partial charge in [0.05, 0.1) is 0 Å². The molecule has 0 heterocycles. The zero-order valence-electron chi connectivity index (χ0n) is 9.86. The lowest BCUT2D eigenvalue weighted by Crippen LogP contribution is -2.27. The van der Waals surface area contributed by atoms with Crippen molar-refractivity contribution in [3.8, 4) is 0 Å². The molecule has 0 amide bonds. The number of aryl methyl sites for hydroxylation is 1. The molecular formula is C15H21N. The Hall–Kier alpha value is -0.820. The number of hydrogen-bond acceptors (Lipinski definition) is 1. The van der Waals surface area contributed by atoms with Gasteiger partial charge in [-0.3, -0.25) is 0 Å². The van der Waals surface area contributed by atoms with Crippen LogP contribution < -0.4 is 5.73 Å². The molecule has 2 atom stereocenters. The highest BCUT2D eigenvalue weighted by molar-refractivity contribution is 5.35. The van der Waals surface area contributed by atoms with Crippen LogP contribution in [0, 0.1) is 5.92 Å². The largest absolute Gasteiger partial charge is 0.327 e. The van der Waals surface area contributed by atoms with Crippen molar-refractivity contribution in [1.29, 1.82) is 0 Å². The normalized spacial score (nSPS) is 25.4. The predicted molar refractivity (Wildman–Crippen MR) is 67.4 cm³/mol. The average molecular weight is 215 g/mol. The summed E-state index contributed by atoms with van der Waals surface area (Å²) < 4.78 is 0. The van der Waals surface area contributed by atoms with Gasteiger partial charge >= 0.3 is 0 Å². The lowest BCUT2D eigenvalue weighted by molar-refractivity contribution is 0.469. The highest BCUT2D eigenvalue weighted by Crippen LogP contribution is 2.39. The van der Waals surface area contributed by atoms with Crippen molar-refractivity contribution in [1.82, 2.24) is 0 Å². The lowest BCUT2D eigenvalue weighted by Gasteiger charge is -2.20. The minimum Gasteiger partial charge on any atom is -0.327 e. The zero-order valence-corrected chi connectivity index (χ0v) is 9.86. The summed E-state index contributed by atoms with van der Waals surface area (Å²) in [5, 5.41) is 0. The fourth-order valence-corrected chi connectivity index (χ4v) is 3.07. The van der Waals surface area contributed by atoms with Crippen molar-refractivity contribution in [2.24, 2.45) is 11.7 Å². The maximum absolute atomic E-state index is 6.37. The topological polar surface area (TPSA) is 26.0 Å². The second-order valence-corrected chi connectivity index (χ2v) is 5.53. The second kappa shape index (κ2) is 4.21. The molecule has 86 valence electrons. The van der Waals surface area contributed by atoms with E-state index in [1.165, 1.54) is 49.7 Å². The number of benzene rings is 1. The Morgan fingerprint density at radius 2 is 2.00 bits per heavy atom. The van der Waals surface area contributed by atoms with Gasteiger partial charge in [-0.15, -0.1) is 0 Å². The van der Waals surface area contributed by atoms with E-state index in [4.69, 9.17) is 5.73 Å². The van der Waals surface area contributed by atoms with Crippen molar-refractivity contribution in [2.45, 2.75) is 50.5 Å². The smallest absolute Gasteiger partial charge is 0.0108 e. The van der Waals surface area contributed by atoms with Gasteiger partial charge in [0.1, 0.15) is 0 Å². The van der Waals surface area contributed by atoms with Crippen LogP contribution >= 0.6 is 0 Å². The average Bonchev–Trinajstić information content (AvgIpc) is 3.04. The first kappa shape index (κ1) is 10.3. The molecule has 0 saturated heterocycles. The Balaban J connectivity index is 1.66. The summed E-state index contributed by atoms with van der Waals surface area (Å²) in [4.78, 5) is 0. The van der Waals surface area contributed by atoms with Crippen LogP contribution in [-0.2, 0) is 6.42 Å². The molecule has 0 bridgehead atoms. The standard InChI is InChI=1S/C15H21N/c16-15(10-7-11-5-6-11)14-9-8-12-3-1-2-4-13(12)14/h1-4,11,14-15H,5-10,16H2. The van der Waals surface area contributed by atoms with E-state index in [2.05, 4.69) is 24.3 Å². The number of hydrogen-bond donors (Lipinski definition) is 1. The molecule has 1 fully saturated rings. The van der Waals surface area contributed by atoms with Crippen LogP contribution in [0.15, 0.2) is 24.3 Å². The SMILES string of the molecule is NC(CCC1CC1)C1CCc2ccccc21. The molecule has 1 aromatic rings. The summed E-state index contributed by atoms with van der Waals surface area (Å²) in [5.41, 5.74) is 9.44. The first-order chi connectivity index (χ1) is 7.84. The number of rotatable bonds is 4. The molecule has 2 aliphatic rings. The Kier molecular flexibility index (Phi) is 2.72. The van der Waals surface area contributed by atoms with Gasteiger partial charge < -0.3 is 5.73 Å². The molecule has 16 heavy (non-hydrogen) atoms. The summed E-state index contributed by atoms with van der Waals surface area (Å²) in [6.07, 6.45) is 7.99. The summed E-state index contributed by atoms with van der Waals surface area (Å²) in [6.45, 7) is 0. The fourth-order valence-electron chi connectivity index (χ4n) is 3.07. The van der Waals surface area contributed by atoms with E-state index in [9.17, 15) is 0 Å². The van der Waals surface area contributed by atoms with Crippen LogP contribution in [0.2, 0.25) is 0 Å². The van der Waals surface area contributed by atoms with Crippen molar-refractivity contribution >= 4 is 0 Å². The Morgan fingerprint density at radius 3 is 2.81 bits per heavy atom. The molecule has 2 unspecified atom stereocenters. The van der Waals surface area contributed by atoms with Crippen LogP contribution in [0.25, 0.3) is 0 Å². The number of fused-ring (bicyclic) bond motifs is 1. The summed E-state index contributed by atoms with van der Waals surface area (Å²) in [7, 11) is 0. The van der Waals surface area contributed by atoms with Crippen LogP contribution in [0.4, 0.5) is 0 Å². The lowest BCUT2D eigenvalue weighted by atomic mass is 9.90. The molecule has 1 nitrogen and oxygen atoms in total. The van der Waals surface area contributed by atoms with Crippen LogP contribution in [-0.4, -0.2) is 6.04 Å². The molecule has 2 N–H and O–H groups in total. The Labute approximate surface area is 98.0 Å². The second-order valence-electron chi connectivity index (χ2n) is 5.53. The van der Waals surface area contributed by atoms with E-state index in [0.29, 0.717) is 12.0 Å². The highest BCUT2D eigenvalue weighted by atomic mass is 14.7. The van der Waals surface area contributed by atoms with E-state index >= 15 is 0 Å². The van der Waals surface area contributed by atoms with E-state index < -0.39 is 0 Å². The van der Waals surface area contributed by atoms with E-state index in [1.54, 1.807) is 0 Å². The van der Waals surface area contributed by atoms with E-state index in [-0.39, 0.29) is 0 Å². The molecule has 0 aliphatic heterocycles. The molecule has 2 aliphatic carbocycles. The fraction of sp³-hybridized carbons (Fsp3) is 0.600. The minimum atomic E-state index is 0.393. The summed E-state index contributed by atoms with van der Waals surface area (Å²) in [5.74, 6) is 1.65. The minimum absolute atomic E-state index is 0.393. The zero-order chi connectivity index (χ0) is 11.0. The van der Waals surface area contributed by atoms with Gasteiger partial charge in [-0.05, 0) is 48.6 Å². The van der Waals surface area contributed by atoms with Gasteiger partial charge in [-0.25, -0.2) is 0 Å². The first-order valence-corrected chi connectivity index (χ1v) is 6.68. The third kappa shape index (κ3) is 2.01. The van der Waals surface area contributed by atoms with Crippen LogP contribution in [0.3, 0.4) is 0 Å². The van der Waals surface area contributed by atoms with Gasteiger partial charge in [0, 0.05) is 6.04 Å². The Morgan fingerprint density at radius 1 is 1.19 bits per heavy atom.